The van der Waals surface area contributed by atoms with E-state index in [4.69, 9.17) is 4.74 Å². The molecule has 0 spiro atoms. The Morgan fingerprint density at radius 3 is 2.50 bits per heavy atom. The van der Waals surface area contributed by atoms with Gasteiger partial charge in [-0.1, -0.05) is 29.5 Å². The zero-order chi connectivity index (χ0) is 27.1. The first kappa shape index (κ1) is 27.6. The van der Waals surface area contributed by atoms with E-state index in [2.05, 4.69) is 27.1 Å². The van der Waals surface area contributed by atoms with Crippen LogP contribution in [0.5, 0.6) is 5.75 Å². The normalized spacial score (nSPS) is 14.3. The second kappa shape index (κ2) is 12.9. The van der Waals surface area contributed by atoms with E-state index in [1.165, 1.54) is 25.2 Å². The lowest BCUT2D eigenvalue weighted by molar-refractivity contribution is -0.119. The van der Waals surface area contributed by atoms with Crippen LogP contribution in [-0.4, -0.2) is 78.6 Å². The van der Waals surface area contributed by atoms with Gasteiger partial charge in [0.25, 0.3) is 5.91 Å². The Morgan fingerprint density at radius 1 is 1.05 bits per heavy atom. The van der Waals surface area contributed by atoms with Crippen LogP contribution in [0.15, 0.2) is 48.0 Å². The molecule has 1 aliphatic rings. The van der Waals surface area contributed by atoms with Crippen LogP contribution in [-0.2, 0) is 20.8 Å². The molecule has 0 bridgehead atoms. The zero-order valence-electron chi connectivity index (χ0n) is 22.2. The lowest BCUT2D eigenvalue weighted by Crippen LogP contribution is -2.44. The number of rotatable bonds is 11. The lowest BCUT2D eigenvalue weighted by Gasteiger charge is -2.32. The number of ether oxygens (including phenoxy) is 1. The summed E-state index contributed by atoms with van der Waals surface area (Å²) in [6, 6.07) is 13.3. The fourth-order valence-electron chi connectivity index (χ4n) is 4.43. The molecule has 4 rings (SSSR count). The highest BCUT2D eigenvalue weighted by molar-refractivity contribution is 7.22. The van der Waals surface area contributed by atoms with Crippen molar-refractivity contribution in [3.05, 3.63) is 59.2 Å². The van der Waals surface area contributed by atoms with Gasteiger partial charge >= 0.3 is 0 Å². The number of carbonyl (C=O) groups is 3. The van der Waals surface area contributed by atoms with Crippen LogP contribution in [0, 0.1) is 0 Å². The highest BCUT2D eigenvalue weighted by Gasteiger charge is 2.15. The average Bonchev–Trinajstić information content (AvgIpc) is 3.29. The van der Waals surface area contributed by atoms with Crippen LogP contribution < -0.4 is 10.1 Å². The first-order valence-electron chi connectivity index (χ1n) is 12.8. The van der Waals surface area contributed by atoms with Gasteiger partial charge in [-0.2, -0.15) is 0 Å². The molecule has 200 valence electrons. The van der Waals surface area contributed by atoms with Gasteiger partial charge in [-0.25, -0.2) is 4.98 Å². The van der Waals surface area contributed by atoms with Gasteiger partial charge in [-0.3, -0.25) is 19.7 Å². The summed E-state index contributed by atoms with van der Waals surface area (Å²) in [5.74, 6) is -0.194. The van der Waals surface area contributed by atoms with Gasteiger partial charge in [0.05, 0.1) is 15.8 Å². The van der Waals surface area contributed by atoms with Crippen molar-refractivity contribution in [2.75, 3.05) is 51.7 Å². The number of fused-ring (bicyclic) bond motifs is 1. The minimum atomic E-state index is -0.285. The molecule has 1 amide bonds. The summed E-state index contributed by atoms with van der Waals surface area (Å²) in [6.45, 7) is 7.84. The molecule has 3 aromatic rings. The number of allylic oxidation sites excluding steroid dienone is 1. The SMILES string of the molecule is CC(=O)C(=Cc1ccc(OCC(=O)Nc2nc3ccccc3s2)c(CCCN2CCN(C)CC2)c1)C(C)=O. The number of nitrogens with zero attached hydrogens (tertiary/aromatic N) is 3. The summed E-state index contributed by atoms with van der Waals surface area (Å²) in [5.41, 5.74) is 2.70. The Hall–Kier alpha value is -3.40. The molecule has 2 aromatic carbocycles. The largest absolute Gasteiger partial charge is 0.483 e. The molecule has 9 heteroatoms. The molecule has 2 heterocycles. The second-order valence-electron chi connectivity index (χ2n) is 9.61. The van der Waals surface area contributed by atoms with E-state index in [0.717, 1.165) is 66.9 Å². The number of hydrogen-bond acceptors (Lipinski definition) is 8. The Morgan fingerprint density at radius 2 is 1.79 bits per heavy atom. The Bertz CT molecular complexity index is 1290. The van der Waals surface area contributed by atoms with Crippen molar-refractivity contribution in [2.45, 2.75) is 26.7 Å². The van der Waals surface area contributed by atoms with Crippen molar-refractivity contribution in [1.29, 1.82) is 0 Å². The summed E-state index contributed by atoms with van der Waals surface area (Å²) in [5, 5.41) is 3.36. The molecular weight excluding hydrogens is 500 g/mol. The van der Waals surface area contributed by atoms with Crippen molar-refractivity contribution in [2.24, 2.45) is 0 Å². The molecule has 0 aliphatic carbocycles. The van der Waals surface area contributed by atoms with Crippen LogP contribution >= 0.6 is 11.3 Å². The summed E-state index contributed by atoms with van der Waals surface area (Å²) in [6.07, 6.45) is 3.30. The number of aromatic nitrogens is 1. The third-order valence-electron chi connectivity index (χ3n) is 6.57. The number of para-hydroxylation sites is 1. The number of thiazole rings is 1. The monoisotopic (exact) mass is 534 g/mol. The van der Waals surface area contributed by atoms with Gasteiger partial charge in [-0.15, -0.1) is 0 Å². The smallest absolute Gasteiger partial charge is 0.264 e. The number of Topliss-reactive ketones (excluding diaryl/α,β-unsaturated/α-hetero) is 2. The summed E-state index contributed by atoms with van der Waals surface area (Å²) in [4.78, 5) is 45.7. The molecule has 1 saturated heterocycles. The quantitative estimate of drug-likeness (QED) is 0.225. The molecule has 1 fully saturated rings. The van der Waals surface area contributed by atoms with Gasteiger partial charge in [0.1, 0.15) is 5.75 Å². The van der Waals surface area contributed by atoms with Crippen molar-refractivity contribution in [3.8, 4) is 5.75 Å². The molecule has 1 aromatic heterocycles. The Labute approximate surface area is 227 Å². The Kier molecular flexibility index (Phi) is 9.38. The first-order chi connectivity index (χ1) is 18.3. The topological polar surface area (TPSA) is 91.8 Å². The molecule has 0 radical (unpaired) electrons. The maximum absolute atomic E-state index is 12.6. The van der Waals surface area contributed by atoms with Crippen LogP contribution in [0.1, 0.15) is 31.4 Å². The number of anilines is 1. The van der Waals surface area contributed by atoms with Crippen LogP contribution in [0.25, 0.3) is 16.3 Å². The fraction of sp³-hybridized carbons (Fsp3) is 0.379. The molecule has 1 aliphatic heterocycles. The standard InChI is InChI=1S/C29H34N4O4S/c1-20(34)24(21(2)35)18-22-10-11-26(23(17-22)7-6-12-33-15-13-32(3)14-16-33)37-19-28(36)31-29-30-25-8-4-5-9-27(25)38-29/h4-5,8-11,17-18H,6-7,12-16,19H2,1-3H3,(H,30,31,36). The predicted molar refractivity (Wildman–Crippen MR) is 152 cm³/mol. The second-order valence-corrected chi connectivity index (χ2v) is 10.6. The third-order valence-corrected chi connectivity index (χ3v) is 7.52. The minimum absolute atomic E-state index is 0.150. The van der Waals surface area contributed by atoms with E-state index >= 15 is 0 Å². The summed E-state index contributed by atoms with van der Waals surface area (Å²) >= 11 is 1.42. The average molecular weight is 535 g/mol. The number of carbonyl (C=O) groups excluding carboxylic acids is 3. The van der Waals surface area contributed by atoms with E-state index < -0.39 is 0 Å². The molecule has 38 heavy (non-hydrogen) atoms. The number of benzene rings is 2. The van der Waals surface area contributed by atoms with Crippen molar-refractivity contribution in [1.82, 2.24) is 14.8 Å². The number of piperazine rings is 1. The minimum Gasteiger partial charge on any atom is -0.483 e. The van der Waals surface area contributed by atoms with Crippen LogP contribution in [0.3, 0.4) is 0 Å². The van der Waals surface area contributed by atoms with Crippen molar-refractivity contribution < 1.29 is 19.1 Å². The molecule has 8 nitrogen and oxygen atoms in total. The van der Waals surface area contributed by atoms with E-state index in [1.807, 2.05) is 30.3 Å². The van der Waals surface area contributed by atoms with E-state index in [1.54, 1.807) is 18.2 Å². The number of hydrogen-bond donors (Lipinski definition) is 1. The molecule has 0 unspecified atom stereocenters. The summed E-state index contributed by atoms with van der Waals surface area (Å²) in [7, 11) is 2.14. The van der Waals surface area contributed by atoms with E-state index in [0.29, 0.717) is 10.9 Å². The molecule has 0 saturated carbocycles. The number of nitrogens with one attached hydrogen (secondary N) is 1. The lowest BCUT2D eigenvalue weighted by atomic mass is 10.0. The maximum Gasteiger partial charge on any atom is 0.264 e. The number of amides is 1. The highest BCUT2D eigenvalue weighted by Crippen LogP contribution is 2.26. The molecular formula is C29H34N4O4S. The van der Waals surface area contributed by atoms with Crippen molar-refractivity contribution in [3.63, 3.8) is 0 Å². The first-order valence-corrected chi connectivity index (χ1v) is 13.7. The van der Waals surface area contributed by atoms with E-state index in [9.17, 15) is 14.4 Å². The van der Waals surface area contributed by atoms with E-state index in [-0.39, 0.29) is 29.7 Å². The number of likely N-dealkylation sites (N-methyl/N-ethyl adjacent to an activating group) is 1. The fourth-order valence-corrected chi connectivity index (χ4v) is 5.31. The van der Waals surface area contributed by atoms with Gasteiger partial charge in [0.15, 0.2) is 23.3 Å². The third kappa shape index (κ3) is 7.56. The van der Waals surface area contributed by atoms with Gasteiger partial charge < -0.3 is 14.5 Å². The summed E-state index contributed by atoms with van der Waals surface area (Å²) < 4.78 is 6.95. The van der Waals surface area contributed by atoms with Crippen LogP contribution in [0.4, 0.5) is 5.13 Å². The molecule has 1 N–H and O–H groups in total. The maximum atomic E-state index is 12.6. The Balaban J connectivity index is 1.44. The number of ketones is 2. The zero-order valence-corrected chi connectivity index (χ0v) is 23.0. The predicted octanol–water partition coefficient (Wildman–Crippen LogP) is 4.06. The van der Waals surface area contributed by atoms with Gasteiger partial charge in [0, 0.05) is 26.2 Å². The van der Waals surface area contributed by atoms with Gasteiger partial charge in [0.2, 0.25) is 0 Å². The van der Waals surface area contributed by atoms with Crippen LogP contribution in [0.2, 0.25) is 0 Å². The van der Waals surface area contributed by atoms with Gasteiger partial charge in [-0.05, 0) is 81.7 Å². The molecule has 0 atom stereocenters. The number of aryl methyl sites for hydroxylation is 1. The highest BCUT2D eigenvalue weighted by atomic mass is 32.1. The van der Waals surface area contributed by atoms with Crippen molar-refractivity contribution >= 4 is 50.2 Å².